The van der Waals surface area contributed by atoms with Gasteiger partial charge in [0.15, 0.2) is 5.82 Å². The van der Waals surface area contributed by atoms with E-state index in [2.05, 4.69) is 27.4 Å². The third-order valence-corrected chi connectivity index (χ3v) is 4.16. The Morgan fingerprint density at radius 3 is 2.89 bits per heavy atom. The van der Waals surface area contributed by atoms with E-state index in [1.165, 1.54) is 6.33 Å². The standard InChI is InChI=1S/C20H23N5O2/c1-14(6-5-11-27-18-10-3-2-9-17(18)19(21)26)24-16-8-4-7-15(12-16)20-22-13-23-25-20/h2-4,7-10,12-14,24H,5-6,11H2,1H3,(H2,21,26)(H,22,23,25)/t14-/m0/s1. The summed E-state index contributed by atoms with van der Waals surface area (Å²) in [5.41, 5.74) is 7.78. The lowest BCUT2D eigenvalue weighted by Crippen LogP contribution is -2.17. The van der Waals surface area contributed by atoms with Crippen molar-refractivity contribution < 1.29 is 9.53 Å². The number of hydrogen-bond acceptors (Lipinski definition) is 5. The van der Waals surface area contributed by atoms with Crippen LogP contribution >= 0.6 is 0 Å². The summed E-state index contributed by atoms with van der Waals surface area (Å²) in [7, 11) is 0. The van der Waals surface area contributed by atoms with Crippen molar-refractivity contribution in [3.63, 3.8) is 0 Å². The molecule has 4 N–H and O–H groups in total. The fourth-order valence-electron chi connectivity index (χ4n) is 2.83. The van der Waals surface area contributed by atoms with E-state index in [1.807, 2.05) is 30.3 Å². The Kier molecular flexibility index (Phi) is 6.04. The van der Waals surface area contributed by atoms with Gasteiger partial charge in [-0.15, -0.1) is 0 Å². The molecule has 0 saturated heterocycles. The van der Waals surface area contributed by atoms with E-state index < -0.39 is 5.91 Å². The number of carbonyl (C=O) groups is 1. The molecular weight excluding hydrogens is 342 g/mol. The van der Waals surface area contributed by atoms with E-state index in [0.717, 1.165) is 29.9 Å². The van der Waals surface area contributed by atoms with Crippen LogP contribution < -0.4 is 15.8 Å². The van der Waals surface area contributed by atoms with Crippen molar-refractivity contribution in [2.24, 2.45) is 5.73 Å². The molecule has 0 aliphatic rings. The van der Waals surface area contributed by atoms with Gasteiger partial charge in [0, 0.05) is 17.3 Å². The van der Waals surface area contributed by atoms with Crippen molar-refractivity contribution in [1.29, 1.82) is 0 Å². The lowest BCUT2D eigenvalue weighted by Gasteiger charge is -2.16. The van der Waals surface area contributed by atoms with Crippen LogP contribution in [0.1, 0.15) is 30.1 Å². The van der Waals surface area contributed by atoms with E-state index in [4.69, 9.17) is 10.5 Å². The second kappa shape index (κ2) is 8.84. The van der Waals surface area contributed by atoms with E-state index in [0.29, 0.717) is 17.9 Å². The predicted molar refractivity (Wildman–Crippen MR) is 105 cm³/mol. The Balaban J connectivity index is 1.47. The van der Waals surface area contributed by atoms with E-state index >= 15 is 0 Å². The number of nitrogens with zero attached hydrogens (tertiary/aromatic N) is 2. The van der Waals surface area contributed by atoms with Crippen LogP contribution in [0.2, 0.25) is 0 Å². The fourth-order valence-corrected chi connectivity index (χ4v) is 2.83. The first kappa shape index (κ1) is 18.4. The summed E-state index contributed by atoms with van der Waals surface area (Å²) in [4.78, 5) is 15.6. The van der Waals surface area contributed by atoms with Crippen molar-refractivity contribution in [3.8, 4) is 17.1 Å². The molecule has 0 unspecified atom stereocenters. The Morgan fingerprint density at radius 1 is 1.26 bits per heavy atom. The average molecular weight is 365 g/mol. The summed E-state index contributed by atoms with van der Waals surface area (Å²) in [6.07, 6.45) is 3.27. The number of nitrogens with two attached hydrogens (primary N) is 1. The highest BCUT2D eigenvalue weighted by Crippen LogP contribution is 2.20. The summed E-state index contributed by atoms with van der Waals surface area (Å²) >= 11 is 0. The Hall–Kier alpha value is -3.35. The molecule has 27 heavy (non-hydrogen) atoms. The summed E-state index contributed by atoms with van der Waals surface area (Å²) in [5.74, 6) is 0.797. The van der Waals surface area contributed by atoms with Gasteiger partial charge in [0.05, 0.1) is 12.2 Å². The van der Waals surface area contributed by atoms with Gasteiger partial charge in [-0.05, 0) is 44.0 Å². The van der Waals surface area contributed by atoms with E-state index in [9.17, 15) is 4.79 Å². The molecule has 1 aromatic heterocycles. The second-order valence-corrected chi connectivity index (χ2v) is 6.31. The first-order valence-corrected chi connectivity index (χ1v) is 8.87. The van der Waals surface area contributed by atoms with Gasteiger partial charge in [-0.25, -0.2) is 4.98 Å². The maximum Gasteiger partial charge on any atom is 0.252 e. The first-order chi connectivity index (χ1) is 13.1. The number of aromatic amines is 1. The number of anilines is 1. The highest BCUT2D eigenvalue weighted by atomic mass is 16.5. The Labute approximate surface area is 158 Å². The number of H-pyrrole nitrogens is 1. The molecule has 0 bridgehead atoms. The zero-order valence-electron chi connectivity index (χ0n) is 15.2. The number of ether oxygens (including phenoxy) is 1. The molecule has 1 amide bonds. The fraction of sp³-hybridized carbons (Fsp3) is 0.250. The van der Waals surface area contributed by atoms with Crippen LogP contribution in [0.3, 0.4) is 0 Å². The normalized spacial score (nSPS) is 11.7. The van der Waals surface area contributed by atoms with Gasteiger partial charge in [0.2, 0.25) is 0 Å². The quantitative estimate of drug-likeness (QED) is 0.505. The Morgan fingerprint density at radius 2 is 2.11 bits per heavy atom. The maximum atomic E-state index is 11.4. The number of hydrogen-bond donors (Lipinski definition) is 3. The zero-order valence-corrected chi connectivity index (χ0v) is 15.2. The number of aromatic nitrogens is 3. The Bertz CT molecular complexity index is 880. The van der Waals surface area contributed by atoms with Gasteiger partial charge < -0.3 is 15.8 Å². The van der Waals surface area contributed by atoms with Crippen LogP contribution in [0.15, 0.2) is 54.9 Å². The number of carbonyl (C=O) groups excluding carboxylic acids is 1. The molecule has 1 heterocycles. The minimum Gasteiger partial charge on any atom is -0.493 e. The van der Waals surface area contributed by atoms with Crippen LogP contribution in [0.4, 0.5) is 5.69 Å². The minimum absolute atomic E-state index is 0.268. The van der Waals surface area contributed by atoms with Crippen LogP contribution in [0, 0.1) is 0 Å². The number of primary amides is 1. The molecule has 140 valence electrons. The second-order valence-electron chi connectivity index (χ2n) is 6.31. The highest BCUT2D eigenvalue weighted by molar-refractivity contribution is 5.95. The molecule has 0 aliphatic heterocycles. The van der Waals surface area contributed by atoms with E-state index in [-0.39, 0.29) is 6.04 Å². The average Bonchev–Trinajstić information content (AvgIpc) is 3.20. The first-order valence-electron chi connectivity index (χ1n) is 8.87. The summed E-state index contributed by atoms with van der Waals surface area (Å²) in [5, 5.41) is 10.2. The van der Waals surface area contributed by atoms with Gasteiger partial charge in [-0.3, -0.25) is 9.89 Å². The molecule has 0 saturated carbocycles. The molecule has 0 aliphatic carbocycles. The van der Waals surface area contributed by atoms with Crippen LogP contribution in [-0.4, -0.2) is 33.7 Å². The van der Waals surface area contributed by atoms with Gasteiger partial charge >= 0.3 is 0 Å². The third-order valence-electron chi connectivity index (χ3n) is 4.16. The molecule has 1 atom stereocenters. The molecule has 2 aromatic carbocycles. The third kappa shape index (κ3) is 5.07. The van der Waals surface area contributed by atoms with Crippen LogP contribution in [0.25, 0.3) is 11.4 Å². The summed E-state index contributed by atoms with van der Waals surface area (Å²) in [6, 6.07) is 15.3. The summed E-state index contributed by atoms with van der Waals surface area (Å²) < 4.78 is 5.72. The van der Waals surface area contributed by atoms with Crippen molar-refractivity contribution in [2.75, 3.05) is 11.9 Å². The molecule has 0 radical (unpaired) electrons. The van der Waals surface area contributed by atoms with Crippen LogP contribution in [0.5, 0.6) is 5.75 Å². The van der Waals surface area contributed by atoms with Gasteiger partial charge in [-0.1, -0.05) is 24.3 Å². The van der Waals surface area contributed by atoms with Crippen molar-refractivity contribution >= 4 is 11.6 Å². The lowest BCUT2D eigenvalue weighted by molar-refractivity contribution is 0.0996. The summed E-state index contributed by atoms with van der Waals surface area (Å²) in [6.45, 7) is 2.65. The minimum atomic E-state index is -0.479. The highest BCUT2D eigenvalue weighted by Gasteiger charge is 2.09. The lowest BCUT2D eigenvalue weighted by atomic mass is 10.1. The zero-order chi connectivity index (χ0) is 19.1. The molecule has 3 rings (SSSR count). The van der Waals surface area contributed by atoms with Crippen LogP contribution in [-0.2, 0) is 0 Å². The molecule has 7 heteroatoms. The number of nitrogens with one attached hydrogen (secondary N) is 2. The van der Waals surface area contributed by atoms with Gasteiger partial charge in [-0.2, -0.15) is 5.10 Å². The van der Waals surface area contributed by atoms with Crippen molar-refractivity contribution in [3.05, 3.63) is 60.4 Å². The van der Waals surface area contributed by atoms with Crippen molar-refractivity contribution in [1.82, 2.24) is 15.2 Å². The van der Waals surface area contributed by atoms with Crippen molar-refractivity contribution in [2.45, 2.75) is 25.8 Å². The molecular formula is C20H23N5O2. The number of amides is 1. The smallest absolute Gasteiger partial charge is 0.252 e. The van der Waals surface area contributed by atoms with E-state index in [1.54, 1.807) is 18.2 Å². The topological polar surface area (TPSA) is 106 Å². The SMILES string of the molecule is C[C@@H](CCCOc1ccccc1C(N)=O)Nc1cccc(-c2ncn[nH]2)c1. The molecule has 0 fully saturated rings. The molecule has 0 spiro atoms. The molecule has 7 nitrogen and oxygen atoms in total. The van der Waals surface area contributed by atoms with Gasteiger partial charge in [0.1, 0.15) is 12.1 Å². The number of para-hydroxylation sites is 1. The predicted octanol–water partition coefficient (Wildman–Crippen LogP) is 3.23. The number of rotatable bonds is 9. The molecule has 3 aromatic rings. The number of benzene rings is 2. The monoisotopic (exact) mass is 365 g/mol. The van der Waals surface area contributed by atoms with Gasteiger partial charge in [0.25, 0.3) is 5.91 Å². The largest absolute Gasteiger partial charge is 0.493 e. The maximum absolute atomic E-state index is 11.4.